The smallest absolute Gasteiger partial charge is 0.268 e. The Hall–Kier alpha value is -2.72. The number of phenolic OH excluding ortho intramolecular Hbond substituents is 1. The molecule has 0 atom stereocenters. The van der Waals surface area contributed by atoms with Crippen LogP contribution in [0.2, 0.25) is 0 Å². The molecule has 1 heterocycles. The second-order valence-corrected chi connectivity index (χ2v) is 5.82. The number of aromatic hydroxyl groups is 1. The number of nitriles is 1. The molecular formula is C15H14N4O2S. The third-order valence-corrected chi connectivity index (χ3v) is 3.86. The average molecular weight is 314 g/mol. The van der Waals surface area contributed by atoms with Gasteiger partial charge in [0.2, 0.25) is 5.13 Å². The molecule has 0 saturated carbocycles. The third-order valence-electron chi connectivity index (χ3n) is 2.72. The Morgan fingerprint density at radius 1 is 1.36 bits per heavy atom. The minimum absolute atomic E-state index is 0.0491. The third kappa shape index (κ3) is 3.90. The molecule has 0 spiro atoms. The highest BCUT2D eigenvalue weighted by Crippen LogP contribution is 2.23. The first kappa shape index (κ1) is 15.7. The molecule has 0 saturated heterocycles. The van der Waals surface area contributed by atoms with Crippen molar-refractivity contribution in [2.24, 2.45) is 0 Å². The first-order chi connectivity index (χ1) is 10.5. The van der Waals surface area contributed by atoms with Crippen LogP contribution in [0.5, 0.6) is 5.75 Å². The van der Waals surface area contributed by atoms with E-state index >= 15 is 0 Å². The van der Waals surface area contributed by atoms with E-state index in [1.165, 1.54) is 29.5 Å². The van der Waals surface area contributed by atoms with Crippen molar-refractivity contribution in [2.75, 3.05) is 5.32 Å². The maximum atomic E-state index is 12.1. The molecule has 0 fully saturated rings. The molecule has 22 heavy (non-hydrogen) atoms. The number of aromatic nitrogens is 2. The van der Waals surface area contributed by atoms with Crippen LogP contribution in [-0.2, 0) is 4.79 Å². The monoisotopic (exact) mass is 314 g/mol. The normalized spacial score (nSPS) is 11.3. The Kier molecular flexibility index (Phi) is 4.86. The zero-order valence-electron chi connectivity index (χ0n) is 12.1. The number of phenols is 1. The van der Waals surface area contributed by atoms with Crippen molar-refractivity contribution in [3.63, 3.8) is 0 Å². The topological polar surface area (TPSA) is 98.9 Å². The van der Waals surface area contributed by atoms with Gasteiger partial charge in [-0.3, -0.25) is 10.1 Å². The second kappa shape index (κ2) is 6.83. The lowest BCUT2D eigenvalue weighted by atomic mass is 10.1. The molecule has 6 nitrogen and oxygen atoms in total. The number of hydrogen-bond acceptors (Lipinski definition) is 6. The van der Waals surface area contributed by atoms with Gasteiger partial charge in [0.25, 0.3) is 5.91 Å². The van der Waals surface area contributed by atoms with Crippen LogP contribution in [0.15, 0.2) is 29.8 Å². The summed E-state index contributed by atoms with van der Waals surface area (Å²) in [6.07, 6.45) is 1.44. The number of rotatable bonds is 4. The number of hydrogen-bond donors (Lipinski definition) is 2. The number of anilines is 1. The van der Waals surface area contributed by atoms with Crippen LogP contribution < -0.4 is 5.32 Å². The minimum atomic E-state index is -0.540. The fourth-order valence-corrected chi connectivity index (χ4v) is 2.31. The number of carbonyl (C=O) groups is 1. The molecule has 2 N–H and O–H groups in total. The summed E-state index contributed by atoms with van der Waals surface area (Å²) in [5.41, 5.74) is 0.594. The lowest BCUT2D eigenvalue weighted by Crippen LogP contribution is -2.13. The zero-order chi connectivity index (χ0) is 16.1. The lowest BCUT2D eigenvalue weighted by Gasteiger charge is -2.00. The van der Waals surface area contributed by atoms with Gasteiger partial charge in [-0.2, -0.15) is 5.26 Å². The summed E-state index contributed by atoms with van der Waals surface area (Å²) in [6.45, 7) is 3.97. The van der Waals surface area contributed by atoms with Crippen molar-refractivity contribution in [1.29, 1.82) is 5.26 Å². The molecule has 1 amide bonds. The number of nitrogens with one attached hydrogen (secondary N) is 1. The van der Waals surface area contributed by atoms with Gasteiger partial charge in [-0.1, -0.05) is 37.3 Å². The van der Waals surface area contributed by atoms with E-state index in [0.717, 1.165) is 5.01 Å². The van der Waals surface area contributed by atoms with E-state index in [0.29, 0.717) is 10.7 Å². The van der Waals surface area contributed by atoms with Gasteiger partial charge in [0, 0.05) is 5.92 Å². The van der Waals surface area contributed by atoms with E-state index in [4.69, 9.17) is 5.26 Å². The van der Waals surface area contributed by atoms with Crippen molar-refractivity contribution in [3.8, 4) is 11.8 Å². The fraction of sp³-hybridized carbons (Fsp3) is 0.200. The summed E-state index contributed by atoms with van der Waals surface area (Å²) in [5, 5.41) is 29.9. The van der Waals surface area contributed by atoms with Crippen LogP contribution >= 0.6 is 11.3 Å². The van der Waals surface area contributed by atoms with Crippen molar-refractivity contribution in [2.45, 2.75) is 19.8 Å². The lowest BCUT2D eigenvalue weighted by molar-refractivity contribution is -0.112. The van der Waals surface area contributed by atoms with E-state index in [1.807, 2.05) is 19.9 Å². The van der Waals surface area contributed by atoms with Gasteiger partial charge in [-0.15, -0.1) is 10.2 Å². The van der Waals surface area contributed by atoms with E-state index in [2.05, 4.69) is 15.5 Å². The summed E-state index contributed by atoms with van der Waals surface area (Å²) in [6, 6.07) is 8.05. The van der Waals surface area contributed by atoms with Crippen LogP contribution in [0.4, 0.5) is 5.13 Å². The van der Waals surface area contributed by atoms with Crippen LogP contribution in [-0.4, -0.2) is 21.2 Å². The van der Waals surface area contributed by atoms with E-state index in [9.17, 15) is 9.90 Å². The van der Waals surface area contributed by atoms with Crippen molar-refractivity contribution in [3.05, 3.63) is 40.4 Å². The predicted octanol–water partition coefficient (Wildman–Crippen LogP) is 2.91. The summed E-state index contributed by atoms with van der Waals surface area (Å²) < 4.78 is 0. The fourth-order valence-electron chi connectivity index (χ4n) is 1.57. The van der Waals surface area contributed by atoms with Crippen LogP contribution in [0.1, 0.15) is 30.3 Å². The summed E-state index contributed by atoms with van der Waals surface area (Å²) in [4.78, 5) is 12.1. The highest BCUT2D eigenvalue weighted by Gasteiger charge is 2.13. The highest BCUT2D eigenvalue weighted by molar-refractivity contribution is 7.15. The summed E-state index contributed by atoms with van der Waals surface area (Å²) in [5.74, 6) is -0.191. The molecule has 0 radical (unpaired) electrons. The van der Waals surface area contributed by atoms with E-state index < -0.39 is 5.91 Å². The highest BCUT2D eigenvalue weighted by atomic mass is 32.1. The number of amides is 1. The molecule has 2 aromatic rings. The van der Waals surface area contributed by atoms with Gasteiger partial charge < -0.3 is 5.11 Å². The quantitative estimate of drug-likeness (QED) is 0.667. The van der Waals surface area contributed by atoms with Gasteiger partial charge in [-0.05, 0) is 23.8 Å². The second-order valence-electron chi connectivity index (χ2n) is 4.82. The maximum absolute atomic E-state index is 12.1. The SMILES string of the molecule is CC(C)c1nnc(NC(=O)/C(C#N)=C/c2ccc(O)cc2)s1. The summed E-state index contributed by atoms with van der Waals surface area (Å²) >= 11 is 1.28. The summed E-state index contributed by atoms with van der Waals surface area (Å²) in [7, 11) is 0. The molecule has 0 aliphatic heterocycles. The van der Waals surface area contributed by atoms with Gasteiger partial charge in [0.1, 0.15) is 22.4 Å². The number of nitrogens with zero attached hydrogens (tertiary/aromatic N) is 3. The number of benzene rings is 1. The van der Waals surface area contributed by atoms with Crippen molar-refractivity contribution in [1.82, 2.24) is 10.2 Å². The molecular weight excluding hydrogens is 300 g/mol. The first-order valence-corrected chi connectivity index (χ1v) is 7.37. The van der Waals surface area contributed by atoms with Gasteiger partial charge in [-0.25, -0.2) is 0 Å². The molecule has 2 rings (SSSR count). The Labute approximate surface area is 131 Å². The predicted molar refractivity (Wildman–Crippen MR) is 84.3 cm³/mol. The molecule has 0 unspecified atom stereocenters. The Bertz CT molecular complexity index is 742. The van der Waals surface area contributed by atoms with Crippen LogP contribution in [0, 0.1) is 11.3 Å². The largest absolute Gasteiger partial charge is 0.508 e. The average Bonchev–Trinajstić information content (AvgIpc) is 2.95. The standard InChI is InChI=1S/C15H14N4O2S/c1-9(2)14-18-19-15(22-14)17-13(21)11(8-16)7-10-3-5-12(20)6-4-10/h3-7,9,20H,1-2H3,(H,17,19,21)/b11-7+. The van der Waals surface area contributed by atoms with Crippen molar-refractivity contribution >= 4 is 28.5 Å². The maximum Gasteiger partial charge on any atom is 0.268 e. The zero-order valence-corrected chi connectivity index (χ0v) is 12.9. The molecule has 1 aromatic heterocycles. The van der Waals surface area contributed by atoms with Gasteiger partial charge in [0.05, 0.1) is 0 Å². The Morgan fingerprint density at radius 3 is 2.59 bits per heavy atom. The Morgan fingerprint density at radius 2 is 2.05 bits per heavy atom. The van der Waals surface area contributed by atoms with E-state index in [-0.39, 0.29) is 17.2 Å². The minimum Gasteiger partial charge on any atom is -0.508 e. The molecule has 0 aliphatic carbocycles. The van der Waals surface area contributed by atoms with E-state index in [1.54, 1.807) is 12.1 Å². The van der Waals surface area contributed by atoms with Crippen LogP contribution in [0.3, 0.4) is 0 Å². The van der Waals surface area contributed by atoms with Gasteiger partial charge in [0.15, 0.2) is 0 Å². The number of carbonyl (C=O) groups excluding carboxylic acids is 1. The molecule has 7 heteroatoms. The molecule has 0 aliphatic rings. The van der Waals surface area contributed by atoms with Crippen LogP contribution in [0.25, 0.3) is 6.08 Å². The Balaban J connectivity index is 2.14. The molecule has 1 aromatic carbocycles. The molecule has 112 valence electrons. The van der Waals surface area contributed by atoms with Crippen molar-refractivity contribution < 1.29 is 9.90 Å². The molecule has 0 bridgehead atoms. The first-order valence-electron chi connectivity index (χ1n) is 6.55. The van der Waals surface area contributed by atoms with Gasteiger partial charge >= 0.3 is 0 Å².